The number of nitrogens with two attached hydrogens (primary N) is 2. The molecule has 1 rings (SSSR count). The minimum absolute atomic E-state index is 0.0970. The smallest absolute Gasteiger partial charge is 0.395 e. The molecule has 0 saturated heterocycles. The van der Waals surface area contributed by atoms with Gasteiger partial charge in [0.1, 0.15) is 6.10 Å². The molecule has 0 bridgehead atoms. The van der Waals surface area contributed by atoms with Gasteiger partial charge < -0.3 is 36.6 Å². The van der Waals surface area contributed by atoms with Crippen molar-refractivity contribution in [3.8, 4) is 0 Å². The van der Waals surface area contributed by atoms with E-state index in [4.69, 9.17) is 36.6 Å². The summed E-state index contributed by atoms with van der Waals surface area (Å²) >= 11 is 0. The molecule has 9 N–H and O–H groups in total. The van der Waals surface area contributed by atoms with Gasteiger partial charge in [-0.05, 0) is 18.8 Å². The highest BCUT2D eigenvalue weighted by Gasteiger charge is 2.31. The standard InChI is InChI=1S/C42H81N.C3H9O6P.C2H7NO/c1-3-5-7-9-11-13-15-17-19-21-23-25-27-29-31-33-37-41-38-34-36-40-42(41,43)39-35-32-30-28-26-24-22-20-18-16-14-12-10-8-6-4-2;4-1-3(5)2-9-10(6,7)8;3-1-2-4/h34,36,38,40-41H,3-33,35,37,39,43H2,1-2H3;3-5H,1-2H2,(H2,6,7,8);4H,1-3H2. The molecule has 1 aliphatic carbocycles. The van der Waals surface area contributed by atoms with E-state index >= 15 is 0 Å². The summed E-state index contributed by atoms with van der Waals surface area (Å²) in [4.78, 5) is 16.1. The van der Waals surface area contributed by atoms with Crippen LogP contribution < -0.4 is 11.5 Å². The van der Waals surface area contributed by atoms with Gasteiger partial charge >= 0.3 is 7.82 Å². The fourth-order valence-electron chi connectivity index (χ4n) is 7.50. The number of hydrogen-bond acceptors (Lipinski definition) is 7. The van der Waals surface area contributed by atoms with Crippen LogP contribution in [0.15, 0.2) is 24.3 Å². The van der Waals surface area contributed by atoms with E-state index in [2.05, 4.69) is 42.7 Å². The van der Waals surface area contributed by atoms with Gasteiger partial charge in [0.05, 0.1) is 19.8 Å². The van der Waals surface area contributed by atoms with Gasteiger partial charge in [-0.1, -0.05) is 244 Å². The minimum atomic E-state index is -4.50. The molecule has 1 aliphatic rings. The van der Waals surface area contributed by atoms with Crippen molar-refractivity contribution in [3.63, 3.8) is 0 Å². The van der Waals surface area contributed by atoms with Crippen molar-refractivity contribution in [2.75, 3.05) is 26.4 Å². The Labute approximate surface area is 352 Å². The van der Waals surface area contributed by atoms with Crippen molar-refractivity contribution in [1.82, 2.24) is 0 Å². The average molecular weight is 833 g/mol. The van der Waals surface area contributed by atoms with Gasteiger partial charge in [-0.3, -0.25) is 4.52 Å². The third-order valence-electron chi connectivity index (χ3n) is 11.2. The zero-order valence-electron chi connectivity index (χ0n) is 37.5. The molecule has 0 aromatic carbocycles. The maximum Gasteiger partial charge on any atom is 0.469 e. The number of phosphoric acid groups is 1. The van der Waals surface area contributed by atoms with Crippen LogP contribution in [0.5, 0.6) is 0 Å². The Bertz CT molecular complexity index is 901. The van der Waals surface area contributed by atoms with Gasteiger partial charge in [-0.25, -0.2) is 4.57 Å². The summed E-state index contributed by atoms with van der Waals surface area (Å²) in [6.07, 6.45) is 56.3. The fourth-order valence-corrected chi connectivity index (χ4v) is 7.86. The van der Waals surface area contributed by atoms with Crippen LogP contribution in [-0.4, -0.2) is 63.1 Å². The molecule has 3 unspecified atom stereocenters. The van der Waals surface area contributed by atoms with Gasteiger partial charge in [0.15, 0.2) is 0 Å². The number of hydrogen-bond donors (Lipinski definition) is 7. The van der Waals surface area contributed by atoms with E-state index < -0.39 is 27.1 Å². The Morgan fingerprint density at radius 2 is 0.930 bits per heavy atom. The largest absolute Gasteiger partial charge is 0.469 e. The lowest BCUT2D eigenvalue weighted by atomic mass is 9.75. The lowest BCUT2D eigenvalue weighted by Gasteiger charge is -2.35. The number of aliphatic hydroxyl groups excluding tert-OH is 3. The maximum atomic E-state index is 9.93. The predicted molar refractivity (Wildman–Crippen MR) is 244 cm³/mol. The Balaban J connectivity index is 0. The molecular formula is C47H97N2O7P. The summed E-state index contributed by atoms with van der Waals surface area (Å²) in [5.41, 5.74) is 11.7. The van der Waals surface area contributed by atoms with Crippen LogP contribution in [0, 0.1) is 5.92 Å². The molecule has 0 aliphatic heterocycles. The second-order valence-electron chi connectivity index (χ2n) is 16.7. The van der Waals surface area contributed by atoms with E-state index in [1.54, 1.807) is 0 Å². The van der Waals surface area contributed by atoms with Crippen LogP contribution in [0.1, 0.15) is 232 Å². The first-order valence-corrected chi connectivity index (χ1v) is 25.6. The lowest BCUT2D eigenvalue weighted by Crippen LogP contribution is -2.45. The summed E-state index contributed by atoms with van der Waals surface area (Å²) in [5, 5.41) is 24.4. The zero-order valence-corrected chi connectivity index (χ0v) is 38.4. The molecule has 342 valence electrons. The predicted octanol–water partition coefficient (Wildman–Crippen LogP) is 12.1. The zero-order chi connectivity index (χ0) is 42.6. The van der Waals surface area contributed by atoms with E-state index in [0.717, 1.165) is 6.42 Å². The highest BCUT2D eigenvalue weighted by molar-refractivity contribution is 7.46. The van der Waals surface area contributed by atoms with Crippen LogP contribution in [0.2, 0.25) is 0 Å². The van der Waals surface area contributed by atoms with Crippen molar-refractivity contribution in [2.24, 2.45) is 17.4 Å². The van der Waals surface area contributed by atoms with Gasteiger partial charge in [0.25, 0.3) is 0 Å². The fraction of sp³-hybridized carbons (Fsp3) is 0.915. The molecule has 9 nitrogen and oxygen atoms in total. The molecule has 0 aromatic rings. The Hall–Kier alpha value is -0.610. The van der Waals surface area contributed by atoms with Crippen molar-refractivity contribution in [1.29, 1.82) is 0 Å². The van der Waals surface area contributed by atoms with Crippen molar-refractivity contribution in [3.05, 3.63) is 24.3 Å². The van der Waals surface area contributed by atoms with E-state index in [9.17, 15) is 4.57 Å². The third-order valence-corrected chi connectivity index (χ3v) is 11.6. The molecule has 10 heteroatoms. The molecule has 0 spiro atoms. The van der Waals surface area contributed by atoms with Crippen LogP contribution in [0.3, 0.4) is 0 Å². The summed E-state index contributed by atoms with van der Waals surface area (Å²) < 4.78 is 13.8. The van der Waals surface area contributed by atoms with Gasteiger partial charge in [-0.2, -0.15) is 0 Å². The second-order valence-corrected chi connectivity index (χ2v) is 18.0. The Morgan fingerprint density at radius 1 is 0.596 bits per heavy atom. The average Bonchev–Trinajstić information content (AvgIpc) is 3.20. The first kappa shape index (κ1) is 58.5. The molecule has 3 atom stereocenters. The first-order chi connectivity index (χ1) is 27.6. The normalized spacial score (nSPS) is 16.9. The van der Waals surface area contributed by atoms with Crippen molar-refractivity contribution < 1.29 is 34.2 Å². The molecule has 0 aromatic heterocycles. The van der Waals surface area contributed by atoms with E-state index in [0.29, 0.717) is 12.5 Å². The number of phosphoric ester groups is 1. The highest BCUT2D eigenvalue weighted by Crippen LogP contribution is 2.35. The molecule has 0 radical (unpaired) electrons. The summed E-state index contributed by atoms with van der Waals surface area (Å²) in [5.74, 6) is 0.542. The number of allylic oxidation sites excluding steroid dienone is 2. The molecule has 0 fully saturated rings. The Morgan fingerprint density at radius 3 is 1.25 bits per heavy atom. The summed E-state index contributed by atoms with van der Waals surface area (Å²) in [6.45, 7) is 3.93. The van der Waals surface area contributed by atoms with Crippen molar-refractivity contribution in [2.45, 2.75) is 244 Å². The molecular weight excluding hydrogens is 735 g/mol. The van der Waals surface area contributed by atoms with Gasteiger partial charge in [0, 0.05) is 12.1 Å². The summed E-state index contributed by atoms with van der Waals surface area (Å²) in [6, 6.07) is 0. The minimum Gasteiger partial charge on any atom is -0.395 e. The highest BCUT2D eigenvalue weighted by atomic mass is 31.2. The molecule has 0 saturated carbocycles. The summed E-state index contributed by atoms with van der Waals surface area (Å²) in [7, 11) is -4.50. The number of aliphatic hydroxyl groups is 3. The van der Waals surface area contributed by atoms with Crippen LogP contribution in [0.25, 0.3) is 0 Å². The van der Waals surface area contributed by atoms with E-state index in [1.807, 2.05) is 0 Å². The first-order valence-electron chi connectivity index (χ1n) is 24.0. The van der Waals surface area contributed by atoms with Gasteiger partial charge in [0.2, 0.25) is 0 Å². The Kier molecular flexibility index (Phi) is 46.1. The van der Waals surface area contributed by atoms with Crippen molar-refractivity contribution >= 4 is 7.82 Å². The number of unbranched alkanes of at least 4 members (excludes halogenated alkanes) is 30. The van der Waals surface area contributed by atoms with E-state index in [-0.39, 0.29) is 12.1 Å². The second kappa shape index (κ2) is 44.9. The maximum absolute atomic E-state index is 9.93. The molecule has 0 heterocycles. The van der Waals surface area contributed by atoms with Crippen LogP contribution >= 0.6 is 7.82 Å². The molecule has 57 heavy (non-hydrogen) atoms. The number of rotatable bonds is 39. The topological polar surface area (TPSA) is 179 Å². The lowest BCUT2D eigenvalue weighted by molar-refractivity contribution is 0.0419. The third kappa shape index (κ3) is 44.8. The van der Waals surface area contributed by atoms with Gasteiger partial charge in [-0.15, -0.1) is 0 Å². The SMILES string of the molecule is CCCCCCCCCCCCCCCCCCC1C=CC=CC1(N)CCCCCCCCCCCCCCCCCC.NCCO.O=P(O)(O)OCC(O)CO. The van der Waals surface area contributed by atoms with Crippen LogP contribution in [-0.2, 0) is 9.09 Å². The monoisotopic (exact) mass is 833 g/mol. The molecule has 0 amide bonds. The quantitative estimate of drug-likeness (QED) is 0.0234. The van der Waals surface area contributed by atoms with Crippen LogP contribution in [0.4, 0.5) is 0 Å². The van der Waals surface area contributed by atoms with E-state index in [1.165, 1.54) is 212 Å².